The topological polar surface area (TPSA) is 46.5 Å². The van der Waals surface area contributed by atoms with E-state index in [1.165, 1.54) is 54.9 Å². The zero-order valence-electron chi connectivity index (χ0n) is 30.0. The molecular formula is C50H34N4. The number of pyridine rings is 1. The largest absolute Gasteiger partial charge is 0.307 e. The summed E-state index contributed by atoms with van der Waals surface area (Å²) in [6.07, 6.45) is 2.03. The zero-order valence-corrected chi connectivity index (χ0v) is 30.0. The molecule has 0 fully saturated rings. The number of rotatable bonds is 5. The quantitative estimate of drug-likeness (QED) is 0.180. The van der Waals surface area contributed by atoms with Crippen LogP contribution in [0.15, 0.2) is 170 Å². The van der Waals surface area contributed by atoms with Gasteiger partial charge in [-0.2, -0.15) is 5.26 Å². The van der Waals surface area contributed by atoms with Crippen molar-refractivity contribution in [3.8, 4) is 51.0 Å². The molecule has 0 aliphatic heterocycles. The Bertz CT molecular complexity index is 3130. The number of fused-ring (bicyclic) bond motifs is 6. The molecule has 0 spiro atoms. The molecule has 0 amide bonds. The number of para-hydroxylation sites is 2. The maximum atomic E-state index is 9.70. The Morgan fingerprint density at radius 1 is 0.444 bits per heavy atom. The summed E-state index contributed by atoms with van der Waals surface area (Å²) < 4.78 is 4.66. The van der Waals surface area contributed by atoms with Gasteiger partial charge in [0, 0.05) is 27.1 Å². The maximum absolute atomic E-state index is 9.70. The SMILES string of the molecule is Cc1ccccc1-c1ccc2c3ccccc3n(-c3cc(-c4ccc(C#N)cc4)c(-n4c5ccccc5c5ccc(-c6ccccc6C)cc54)cn3)c2c1. The number of hydrogen-bond donors (Lipinski definition) is 0. The van der Waals surface area contributed by atoms with Gasteiger partial charge < -0.3 is 4.57 Å². The van der Waals surface area contributed by atoms with Crippen molar-refractivity contribution in [2.75, 3.05) is 0 Å². The molecule has 4 nitrogen and oxygen atoms in total. The van der Waals surface area contributed by atoms with Crippen LogP contribution in [0.5, 0.6) is 0 Å². The summed E-state index contributed by atoms with van der Waals surface area (Å²) in [5, 5.41) is 14.4. The van der Waals surface area contributed by atoms with Crippen LogP contribution in [0, 0.1) is 25.2 Å². The summed E-state index contributed by atoms with van der Waals surface area (Å²) in [4.78, 5) is 5.32. The second-order valence-corrected chi connectivity index (χ2v) is 14.0. The summed E-state index contributed by atoms with van der Waals surface area (Å²) in [6, 6.07) is 60.3. The van der Waals surface area contributed by atoms with Gasteiger partial charge >= 0.3 is 0 Å². The van der Waals surface area contributed by atoms with Crippen molar-refractivity contribution in [3.05, 3.63) is 187 Å². The Kier molecular flexibility index (Phi) is 7.28. The zero-order chi connectivity index (χ0) is 36.3. The first kappa shape index (κ1) is 31.5. The Hall–Kier alpha value is -7.22. The average molecular weight is 691 g/mol. The maximum Gasteiger partial charge on any atom is 0.138 e. The first-order valence-corrected chi connectivity index (χ1v) is 18.3. The molecule has 3 aromatic heterocycles. The van der Waals surface area contributed by atoms with E-state index in [9.17, 15) is 5.26 Å². The fraction of sp³-hybridized carbons (Fsp3) is 0.0400. The number of benzene rings is 7. The molecule has 10 rings (SSSR count). The lowest BCUT2D eigenvalue weighted by molar-refractivity contribution is 1.06. The Morgan fingerprint density at radius 3 is 1.50 bits per heavy atom. The van der Waals surface area contributed by atoms with Gasteiger partial charge in [-0.15, -0.1) is 0 Å². The molecule has 0 atom stereocenters. The Labute approximate surface area is 313 Å². The van der Waals surface area contributed by atoms with Gasteiger partial charge in [-0.1, -0.05) is 121 Å². The first-order chi connectivity index (χ1) is 26.6. The van der Waals surface area contributed by atoms with Crippen molar-refractivity contribution in [2.24, 2.45) is 0 Å². The van der Waals surface area contributed by atoms with Crippen molar-refractivity contribution in [3.63, 3.8) is 0 Å². The van der Waals surface area contributed by atoms with Gasteiger partial charge in [0.25, 0.3) is 0 Å². The van der Waals surface area contributed by atoms with Crippen molar-refractivity contribution >= 4 is 43.6 Å². The van der Waals surface area contributed by atoms with E-state index in [0.717, 1.165) is 44.7 Å². The molecule has 0 unspecified atom stereocenters. The van der Waals surface area contributed by atoms with Crippen molar-refractivity contribution in [1.29, 1.82) is 5.26 Å². The second kappa shape index (κ2) is 12.5. The molecule has 0 bridgehead atoms. The standard InChI is InChI=1S/C50H34N4/c1-32-11-3-5-13-38(32)36-23-25-42-40-15-7-9-17-45(40)53(47(42)27-36)49-31-52-50(29-44(49)35-21-19-34(30-51)20-22-35)54-46-18-10-8-16-41(46)43-26-24-37(28-48(43)54)39-14-6-4-12-33(39)2/h3-29,31H,1-2H3. The minimum absolute atomic E-state index is 0.625. The normalized spacial score (nSPS) is 11.5. The van der Waals surface area contributed by atoms with Crippen LogP contribution in [-0.2, 0) is 0 Å². The van der Waals surface area contributed by atoms with Crippen molar-refractivity contribution in [1.82, 2.24) is 14.1 Å². The number of aryl methyl sites for hydroxylation is 2. The van der Waals surface area contributed by atoms with Crippen LogP contribution in [0.4, 0.5) is 0 Å². The monoisotopic (exact) mass is 690 g/mol. The van der Waals surface area contributed by atoms with Gasteiger partial charge in [-0.25, -0.2) is 4.98 Å². The van der Waals surface area contributed by atoms with Crippen LogP contribution < -0.4 is 0 Å². The van der Waals surface area contributed by atoms with E-state index in [-0.39, 0.29) is 0 Å². The van der Waals surface area contributed by atoms with E-state index in [0.29, 0.717) is 5.56 Å². The summed E-state index contributed by atoms with van der Waals surface area (Å²) >= 11 is 0. The highest BCUT2D eigenvalue weighted by Gasteiger charge is 2.20. The predicted octanol–water partition coefficient (Wildman–Crippen LogP) is 12.8. The smallest absolute Gasteiger partial charge is 0.138 e. The Balaban J connectivity index is 1.27. The molecule has 3 heterocycles. The van der Waals surface area contributed by atoms with E-state index in [4.69, 9.17) is 4.98 Å². The molecule has 0 saturated carbocycles. The third-order valence-electron chi connectivity index (χ3n) is 10.9. The molecular weight excluding hydrogens is 657 g/mol. The lowest BCUT2D eigenvalue weighted by atomic mass is 9.99. The van der Waals surface area contributed by atoms with Crippen LogP contribution in [0.1, 0.15) is 16.7 Å². The fourth-order valence-corrected chi connectivity index (χ4v) is 8.27. The van der Waals surface area contributed by atoms with E-state index < -0.39 is 0 Å². The van der Waals surface area contributed by atoms with Gasteiger partial charge in [0.1, 0.15) is 5.82 Å². The number of nitrogens with zero attached hydrogens (tertiary/aromatic N) is 4. The third kappa shape index (κ3) is 4.94. The van der Waals surface area contributed by atoms with E-state index >= 15 is 0 Å². The van der Waals surface area contributed by atoms with E-state index in [1.807, 2.05) is 18.3 Å². The summed E-state index contributed by atoms with van der Waals surface area (Å²) in [5.41, 5.74) is 15.3. The molecule has 54 heavy (non-hydrogen) atoms. The molecule has 0 N–H and O–H groups in total. The molecule has 0 saturated heterocycles. The third-order valence-corrected chi connectivity index (χ3v) is 10.9. The summed E-state index contributed by atoms with van der Waals surface area (Å²) in [7, 11) is 0. The predicted molar refractivity (Wildman–Crippen MR) is 223 cm³/mol. The van der Waals surface area contributed by atoms with E-state index in [1.54, 1.807) is 0 Å². The summed E-state index contributed by atoms with van der Waals surface area (Å²) in [6.45, 7) is 4.33. The van der Waals surface area contributed by atoms with Crippen LogP contribution in [0.3, 0.4) is 0 Å². The second-order valence-electron chi connectivity index (χ2n) is 14.0. The number of aromatic nitrogens is 3. The Morgan fingerprint density at radius 2 is 0.926 bits per heavy atom. The molecule has 0 aliphatic rings. The molecule has 254 valence electrons. The molecule has 4 heteroatoms. The van der Waals surface area contributed by atoms with Crippen LogP contribution in [0.25, 0.3) is 88.5 Å². The lowest BCUT2D eigenvalue weighted by Crippen LogP contribution is -2.03. The molecule has 0 aliphatic carbocycles. The molecule has 10 aromatic rings. The van der Waals surface area contributed by atoms with Crippen LogP contribution in [-0.4, -0.2) is 14.1 Å². The fourth-order valence-electron chi connectivity index (χ4n) is 8.27. The average Bonchev–Trinajstić information content (AvgIpc) is 3.73. The summed E-state index contributed by atoms with van der Waals surface area (Å²) in [5.74, 6) is 0.826. The van der Waals surface area contributed by atoms with Crippen LogP contribution in [0.2, 0.25) is 0 Å². The van der Waals surface area contributed by atoms with Gasteiger partial charge in [-0.05, 0) is 95.3 Å². The highest BCUT2D eigenvalue weighted by molar-refractivity contribution is 6.12. The van der Waals surface area contributed by atoms with Crippen molar-refractivity contribution in [2.45, 2.75) is 13.8 Å². The minimum Gasteiger partial charge on any atom is -0.307 e. The van der Waals surface area contributed by atoms with Gasteiger partial charge in [0.2, 0.25) is 0 Å². The van der Waals surface area contributed by atoms with E-state index in [2.05, 4.69) is 181 Å². The molecule has 7 aromatic carbocycles. The highest BCUT2D eigenvalue weighted by atomic mass is 15.1. The molecule has 0 radical (unpaired) electrons. The first-order valence-electron chi connectivity index (χ1n) is 18.3. The number of hydrogen-bond acceptors (Lipinski definition) is 2. The van der Waals surface area contributed by atoms with Gasteiger partial charge in [-0.3, -0.25) is 4.57 Å². The lowest BCUT2D eigenvalue weighted by Gasteiger charge is -2.17. The van der Waals surface area contributed by atoms with Crippen molar-refractivity contribution < 1.29 is 0 Å². The number of nitriles is 1. The van der Waals surface area contributed by atoms with Crippen LogP contribution >= 0.6 is 0 Å². The van der Waals surface area contributed by atoms with Gasteiger partial charge in [0.05, 0.1) is 45.6 Å². The van der Waals surface area contributed by atoms with Gasteiger partial charge in [0.15, 0.2) is 0 Å². The highest BCUT2D eigenvalue weighted by Crippen LogP contribution is 2.40. The minimum atomic E-state index is 0.625.